The van der Waals surface area contributed by atoms with Crippen molar-refractivity contribution in [1.82, 2.24) is 14.5 Å². The van der Waals surface area contributed by atoms with Gasteiger partial charge in [-0.25, -0.2) is 9.37 Å². The molecule has 2 heterocycles. The van der Waals surface area contributed by atoms with Gasteiger partial charge in [-0.1, -0.05) is 0 Å². The number of ether oxygens (including phenoxy) is 1. The van der Waals surface area contributed by atoms with E-state index < -0.39 is 5.82 Å². The molecule has 0 aliphatic carbocycles. The van der Waals surface area contributed by atoms with E-state index in [1.165, 1.54) is 13.2 Å². The van der Waals surface area contributed by atoms with E-state index >= 15 is 0 Å². The van der Waals surface area contributed by atoms with Crippen LogP contribution < -0.4 is 4.74 Å². The van der Waals surface area contributed by atoms with Crippen molar-refractivity contribution in [3.63, 3.8) is 0 Å². The molecular weight excluding hydrogens is 309 g/mol. The second-order valence-corrected chi connectivity index (χ2v) is 6.08. The molecule has 3 rings (SSSR count). The minimum absolute atomic E-state index is 0.0277. The van der Waals surface area contributed by atoms with Gasteiger partial charge < -0.3 is 14.3 Å². The van der Waals surface area contributed by atoms with Gasteiger partial charge in [0.25, 0.3) is 0 Å². The highest BCUT2D eigenvalue weighted by Gasteiger charge is 2.18. The first-order valence-corrected chi connectivity index (χ1v) is 7.70. The monoisotopic (exact) mass is 323 g/mol. The van der Waals surface area contributed by atoms with Crippen molar-refractivity contribution < 1.29 is 9.13 Å². The van der Waals surface area contributed by atoms with Gasteiger partial charge in [0.05, 0.1) is 24.2 Å². The zero-order valence-electron chi connectivity index (χ0n) is 11.8. The number of nitrogens with zero attached hydrogens (tertiary/aromatic N) is 2. The van der Waals surface area contributed by atoms with Gasteiger partial charge in [0.15, 0.2) is 16.3 Å². The summed E-state index contributed by atoms with van der Waals surface area (Å²) in [7, 11) is 1.45. The molecule has 110 valence electrons. The van der Waals surface area contributed by atoms with Crippen LogP contribution in [0.2, 0.25) is 0 Å². The van der Waals surface area contributed by atoms with Crippen molar-refractivity contribution in [2.75, 3.05) is 7.11 Å². The van der Waals surface area contributed by atoms with Crippen LogP contribution in [0, 0.1) is 17.5 Å². The summed E-state index contributed by atoms with van der Waals surface area (Å²) in [5, 5.41) is 2.97. The van der Waals surface area contributed by atoms with Crippen LogP contribution in [0.15, 0.2) is 17.5 Å². The van der Waals surface area contributed by atoms with Crippen LogP contribution in [-0.2, 0) is 0 Å². The molecule has 4 nitrogen and oxygen atoms in total. The summed E-state index contributed by atoms with van der Waals surface area (Å²) < 4.78 is 21.3. The minimum Gasteiger partial charge on any atom is -0.494 e. The summed E-state index contributed by atoms with van der Waals surface area (Å²) in [6.45, 7) is 3.98. The lowest BCUT2D eigenvalue weighted by Gasteiger charge is -2.12. The summed E-state index contributed by atoms with van der Waals surface area (Å²) in [6.07, 6.45) is 0. The Morgan fingerprint density at radius 1 is 1.48 bits per heavy atom. The predicted molar refractivity (Wildman–Crippen MR) is 84.3 cm³/mol. The molecule has 0 amide bonds. The molecule has 0 saturated heterocycles. The first kappa shape index (κ1) is 14.2. The first-order chi connectivity index (χ1) is 10.0. The van der Waals surface area contributed by atoms with Crippen molar-refractivity contribution in [2.45, 2.75) is 19.9 Å². The minimum atomic E-state index is -0.411. The molecule has 1 unspecified atom stereocenters. The van der Waals surface area contributed by atoms with Crippen LogP contribution >= 0.6 is 23.6 Å². The first-order valence-electron chi connectivity index (χ1n) is 6.41. The lowest BCUT2D eigenvalue weighted by Crippen LogP contribution is -2.06. The molecular formula is C14H14FN3OS2. The third-order valence-corrected chi connectivity index (χ3v) is 4.80. The largest absolute Gasteiger partial charge is 0.494 e. The zero-order valence-corrected chi connectivity index (χ0v) is 13.4. The van der Waals surface area contributed by atoms with E-state index in [1.807, 2.05) is 23.8 Å². The smallest absolute Gasteiger partial charge is 0.178 e. The van der Waals surface area contributed by atoms with Gasteiger partial charge in [0.2, 0.25) is 0 Å². The molecule has 0 fully saturated rings. The Morgan fingerprint density at radius 3 is 2.86 bits per heavy atom. The van der Waals surface area contributed by atoms with Crippen molar-refractivity contribution in [3.8, 4) is 5.75 Å². The second kappa shape index (κ2) is 5.23. The van der Waals surface area contributed by atoms with Gasteiger partial charge >= 0.3 is 0 Å². The molecule has 0 aliphatic rings. The molecule has 0 spiro atoms. The molecule has 7 heteroatoms. The van der Waals surface area contributed by atoms with Crippen molar-refractivity contribution in [1.29, 1.82) is 0 Å². The maximum Gasteiger partial charge on any atom is 0.178 e. The summed E-state index contributed by atoms with van der Waals surface area (Å²) >= 11 is 6.97. The van der Waals surface area contributed by atoms with Gasteiger partial charge in [0.1, 0.15) is 5.01 Å². The zero-order chi connectivity index (χ0) is 15.1. The third-order valence-electron chi connectivity index (χ3n) is 3.37. The van der Waals surface area contributed by atoms with E-state index in [0.29, 0.717) is 10.3 Å². The molecule has 0 aliphatic heterocycles. The molecule has 1 aromatic carbocycles. The normalized spacial score (nSPS) is 12.8. The maximum atomic E-state index is 13.8. The fourth-order valence-electron chi connectivity index (χ4n) is 2.34. The average Bonchev–Trinajstić information content (AvgIpc) is 3.00. The van der Waals surface area contributed by atoms with Crippen molar-refractivity contribution >= 4 is 34.6 Å². The van der Waals surface area contributed by atoms with Gasteiger partial charge in [-0.2, -0.15) is 0 Å². The number of H-pyrrole nitrogens is 1. The molecule has 0 radical (unpaired) electrons. The highest BCUT2D eigenvalue weighted by molar-refractivity contribution is 7.71. The number of imidazole rings is 1. The number of benzene rings is 1. The van der Waals surface area contributed by atoms with Crippen molar-refractivity contribution in [3.05, 3.63) is 38.8 Å². The van der Waals surface area contributed by atoms with E-state index in [4.69, 9.17) is 17.0 Å². The molecule has 2 aromatic heterocycles. The van der Waals surface area contributed by atoms with Gasteiger partial charge in [-0.3, -0.25) is 0 Å². The van der Waals surface area contributed by atoms with E-state index in [1.54, 1.807) is 17.4 Å². The second-order valence-electron chi connectivity index (χ2n) is 4.81. The van der Waals surface area contributed by atoms with Crippen LogP contribution in [0.3, 0.4) is 0 Å². The molecule has 21 heavy (non-hydrogen) atoms. The maximum absolute atomic E-state index is 13.8. The third kappa shape index (κ3) is 2.36. The Labute approximate surface area is 130 Å². The lowest BCUT2D eigenvalue weighted by molar-refractivity contribution is 0.387. The fraction of sp³-hybridized carbons (Fsp3) is 0.286. The number of aromatic amines is 1. The topological polar surface area (TPSA) is 42.8 Å². The molecule has 1 atom stereocenters. The number of aromatic nitrogens is 3. The summed E-state index contributed by atoms with van der Waals surface area (Å²) in [5.41, 5.74) is 2.44. The predicted octanol–water partition coefficient (Wildman–Crippen LogP) is 4.22. The number of thiazole rings is 1. The van der Waals surface area contributed by atoms with E-state index in [9.17, 15) is 4.39 Å². The Bertz CT molecular complexity index is 865. The number of nitrogens with one attached hydrogen (secondary N) is 1. The lowest BCUT2D eigenvalue weighted by atomic mass is 10.2. The van der Waals surface area contributed by atoms with Crippen LogP contribution in [0.5, 0.6) is 5.75 Å². The van der Waals surface area contributed by atoms with Crippen LogP contribution in [-0.4, -0.2) is 21.6 Å². The molecule has 3 aromatic rings. The van der Waals surface area contributed by atoms with E-state index in [0.717, 1.165) is 16.2 Å². The summed E-state index contributed by atoms with van der Waals surface area (Å²) in [6, 6.07) is 3.04. The van der Waals surface area contributed by atoms with Crippen molar-refractivity contribution in [2.24, 2.45) is 0 Å². The summed E-state index contributed by atoms with van der Waals surface area (Å²) in [5.74, 6) is -0.209. The Kier molecular flexibility index (Phi) is 3.54. The van der Waals surface area contributed by atoms with Gasteiger partial charge in [0, 0.05) is 23.2 Å². The molecule has 0 saturated carbocycles. The van der Waals surface area contributed by atoms with Gasteiger partial charge in [-0.15, -0.1) is 11.3 Å². The highest BCUT2D eigenvalue weighted by atomic mass is 32.1. The Balaban J connectivity index is 2.22. The Hall–Kier alpha value is -1.73. The number of rotatable bonds is 3. The van der Waals surface area contributed by atoms with E-state index in [-0.39, 0.29) is 11.8 Å². The number of halogens is 1. The fourth-order valence-corrected chi connectivity index (χ4v) is 3.55. The van der Waals surface area contributed by atoms with Crippen LogP contribution in [0.4, 0.5) is 4.39 Å². The van der Waals surface area contributed by atoms with E-state index in [2.05, 4.69) is 9.97 Å². The standard InChI is InChI=1S/C14H14FN3OS2/c1-7-6-21-13(16-7)8(2)18-11-5-12(19-3)9(15)4-10(11)17-14(18)20/h4-6,8H,1-3H3,(H,17,20). The van der Waals surface area contributed by atoms with Crippen LogP contribution in [0.25, 0.3) is 11.0 Å². The highest BCUT2D eigenvalue weighted by Crippen LogP contribution is 2.30. The SMILES string of the molecule is COc1cc2c(cc1F)[nH]c(=S)n2C(C)c1nc(C)cs1. The van der Waals surface area contributed by atoms with Crippen LogP contribution in [0.1, 0.15) is 23.7 Å². The molecule has 0 bridgehead atoms. The molecule has 1 N–H and O–H groups in total. The number of hydrogen-bond acceptors (Lipinski definition) is 4. The Morgan fingerprint density at radius 2 is 2.24 bits per heavy atom. The average molecular weight is 323 g/mol. The van der Waals surface area contributed by atoms with Gasteiger partial charge in [-0.05, 0) is 26.1 Å². The number of methoxy groups -OCH3 is 1. The number of fused-ring (bicyclic) bond motifs is 1. The number of aryl methyl sites for hydroxylation is 1. The summed E-state index contributed by atoms with van der Waals surface area (Å²) in [4.78, 5) is 7.54. The quantitative estimate of drug-likeness (QED) is 0.734. The number of hydrogen-bond donors (Lipinski definition) is 1.